The van der Waals surface area contributed by atoms with E-state index in [2.05, 4.69) is 15.6 Å². The number of amides is 2. The minimum Gasteiger partial charge on any atom is -0.444 e. The standard InChI is InChI=1S/C17H23N5O4/c1-10-8-13(20-26-10)15(23)18-14-11-9-22(16(24)25-17(2,3)4)7-6-12(11)19-21(14)5/h8H,6-7,9H2,1-5H3,(H,18,23). The second-order valence-electron chi connectivity index (χ2n) is 7.33. The highest BCUT2D eigenvalue weighted by Gasteiger charge is 2.30. The summed E-state index contributed by atoms with van der Waals surface area (Å²) < 4.78 is 12.0. The topological polar surface area (TPSA) is 102 Å². The summed E-state index contributed by atoms with van der Waals surface area (Å²) in [6, 6.07) is 1.56. The summed E-state index contributed by atoms with van der Waals surface area (Å²) in [7, 11) is 1.75. The maximum Gasteiger partial charge on any atom is 0.410 e. The van der Waals surface area contributed by atoms with Crippen molar-refractivity contribution in [3.05, 3.63) is 28.8 Å². The minimum absolute atomic E-state index is 0.192. The van der Waals surface area contributed by atoms with Crippen LogP contribution in [-0.2, 0) is 24.8 Å². The quantitative estimate of drug-likeness (QED) is 0.880. The highest BCUT2D eigenvalue weighted by atomic mass is 16.6. The van der Waals surface area contributed by atoms with E-state index in [4.69, 9.17) is 9.26 Å². The van der Waals surface area contributed by atoms with E-state index in [1.807, 2.05) is 20.8 Å². The molecule has 0 fully saturated rings. The molecular formula is C17H23N5O4. The van der Waals surface area contributed by atoms with E-state index in [0.29, 0.717) is 31.1 Å². The Morgan fingerprint density at radius 1 is 1.35 bits per heavy atom. The van der Waals surface area contributed by atoms with Crippen LogP contribution in [0.4, 0.5) is 10.6 Å². The van der Waals surface area contributed by atoms with Crippen LogP contribution in [-0.4, -0.2) is 44.0 Å². The number of carbonyl (C=O) groups excluding carboxylic acids is 2. The van der Waals surface area contributed by atoms with E-state index in [1.165, 1.54) is 0 Å². The molecule has 0 saturated carbocycles. The lowest BCUT2D eigenvalue weighted by molar-refractivity contribution is 0.0224. The predicted molar refractivity (Wildman–Crippen MR) is 92.7 cm³/mol. The third kappa shape index (κ3) is 3.71. The molecule has 1 N–H and O–H groups in total. The fourth-order valence-corrected chi connectivity index (χ4v) is 2.78. The first-order chi connectivity index (χ1) is 12.1. The molecule has 0 spiro atoms. The van der Waals surface area contributed by atoms with Gasteiger partial charge in [0.2, 0.25) is 0 Å². The molecule has 0 atom stereocenters. The molecule has 0 radical (unpaired) electrons. The van der Waals surface area contributed by atoms with Gasteiger partial charge in [-0.25, -0.2) is 4.79 Å². The first kappa shape index (κ1) is 18.0. The van der Waals surface area contributed by atoms with E-state index >= 15 is 0 Å². The number of carbonyl (C=O) groups is 2. The van der Waals surface area contributed by atoms with Crippen LogP contribution in [0.1, 0.15) is 48.3 Å². The Morgan fingerprint density at radius 2 is 2.08 bits per heavy atom. The number of aromatic nitrogens is 3. The summed E-state index contributed by atoms with van der Waals surface area (Å²) in [4.78, 5) is 26.4. The van der Waals surface area contributed by atoms with Crippen LogP contribution in [0.3, 0.4) is 0 Å². The van der Waals surface area contributed by atoms with E-state index in [-0.39, 0.29) is 17.7 Å². The first-order valence-corrected chi connectivity index (χ1v) is 8.41. The summed E-state index contributed by atoms with van der Waals surface area (Å²) >= 11 is 0. The Kier molecular flexibility index (Phi) is 4.47. The van der Waals surface area contributed by atoms with Crippen LogP contribution in [0.15, 0.2) is 10.6 Å². The van der Waals surface area contributed by atoms with Crippen molar-refractivity contribution >= 4 is 17.8 Å². The molecular weight excluding hydrogens is 338 g/mol. The average molecular weight is 361 g/mol. The van der Waals surface area contributed by atoms with Gasteiger partial charge < -0.3 is 19.5 Å². The monoisotopic (exact) mass is 361 g/mol. The zero-order valence-electron chi connectivity index (χ0n) is 15.6. The van der Waals surface area contributed by atoms with Crippen molar-refractivity contribution in [2.24, 2.45) is 7.05 Å². The maximum absolute atomic E-state index is 12.4. The van der Waals surface area contributed by atoms with Gasteiger partial charge in [0.15, 0.2) is 5.69 Å². The number of anilines is 1. The lowest BCUT2D eigenvalue weighted by Crippen LogP contribution is -2.40. The van der Waals surface area contributed by atoms with Crippen LogP contribution in [0.5, 0.6) is 0 Å². The molecule has 3 heterocycles. The van der Waals surface area contributed by atoms with Gasteiger partial charge in [-0.05, 0) is 27.7 Å². The fraction of sp³-hybridized carbons (Fsp3) is 0.529. The van der Waals surface area contributed by atoms with Crippen molar-refractivity contribution in [1.82, 2.24) is 19.8 Å². The molecule has 9 nitrogen and oxygen atoms in total. The van der Waals surface area contributed by atoms with Gasteiger partial charge in [-0.3, -0.25) is 9.48 Å². The molecule has 0 bridgehead atoms. The Hall–Kier alpha value is -2.84. The Bertz CT molecular complexity index is 846. The highest BCUT2D eigenvalue weighted by molar-refractivity contribution is 6.02. The molecule has 0 aromatic carbocycles. The molecule has 1 aliphatic heterocycles. The maximum atomic E-state index is 12.4. The van der Waals surface area contributed by atoms with Gasteiger partial charge in [0.25, 0.3) is 5.91 Å². The zero-order valence-corrected chi connectivity index (χ0v) is 15.6. The van der Waals surface area contributed by atoms with Gasteiger partial charge >= 0.3 is 6.09 Å². The van der Waals surface area contributed by atoms with Gasteiger partial charge in [0.1, 0.15) is 17.2 Å². The molecule has 2 aromatic rings. The largest absolute Gasteiger partial charge is 0.444 e. The molecule has 0 saturated heterocycles. The normalized spacial score (nSPS) is 14.1. The number of rotatable bonds is 2. The molecule has 140 valence electrons. The number of aryl methyl sites for hydroxylation is 2. The van der Waals surface area contributed by atoms with E-state index < -0.39 is 5.60 Å². The zero-order chi connectivity index (χ0) is 19.1. The number of ether oxygens (including phenoxy) is 1. The number of fused-ring (bicyclic) bond motifs is 1. The molecule has 0 aliphatic carbocycles. The van der Waals surface area contributed by atoms with Gasteiger partial charge in [-0.15, -0.1) is 0 Å². The minimum atomic E-state index is -0.561. The Morgan fingerprint density at radius 3 is 2.69 bits per heavy atom. The third-order valence-electron chi connectivity index (χ3n) is 3.94. The number of nitrogens with zero attached hydrogens (tertiary/aromatic N) is 4. The first-order valence-electron chi connectivity index (χ1n) is 8.41. The van der Waals surface area contributed by atoms with Crippen LogP contribution >= 0.6 is 0 Å². The molecule has 26 heavy (non-hydrogen) atoms. The second kappa shape index (κ2) is 6.47. The second-order valence-corrected chi connectivity index (χ2v) is 7.33. The number of hydrogen-bond donors (Lipinski definition) is 1. The van der Waals surface area contributed by atoms with E-state index in [9.17, 15) is 9.59 Å². The number of nitrogens with one attached hydrogen (secondary N) is 1. The Balaban J connectivity index is 1.79. The van der Waals surface area contributed by atoms with Crippen LogP contribution in [0, 0.1) is 6.92 Å². The van der Waals surface area contributed by atoms with Crippen molar-refractivity contribution in [1.29, 1.82) is 0 Å². The van der Waals surface area contributed by atoms with Crippen molar-refractivity contribution in [3.63, 3.8) is 0 Å². The van der Waals surface area contributed by atoms with Gasteiger partial charge in [-0.1, -0.05) is 5.16 Å². The molecule has 3 rings (SSSR count). The van der Waals surface area contributed by atoms with Gasteiger partial charge in [0.05, 0.1) is 12.2 Å². The third-order valence-corrected chi connectivity index (χ3v) is 3.94. The summed E-state index contributed by atoms with van der Waals surface area (Å²) in [5.41, 5.74) is 1.29. The SMILES string of the molecule is Cc1cc(C(=O)Nc2c3c(nn2C)CCN(C(=O)OC(C)(C)C)C3)no1. The number of hydrogen-bond acceptors (Lipinski definition) is 6. The van der Waals surface area contributed by atoms with E-state index in [1.54, 1.807) is 29.6 Å². The summed E-state index contributed by atoms with van der Waals surface area (Å²) in [5.74, 6) is 0.708. The molecule has 9 heteroatoms. The van der Waals surface area contributed by atoms with Crippen molar-refractivity contribution in [3.8, 4) is 0 Å². The van der Waals surface area contributed by atoms with Crippen LogP contribution < -0.4 is 5.32 Å². The van der Waals surface area contributed by atoms with E-state index in [0.717, 1.165) is 11.3 Å². The Labute approximate surface area is 151 Å². The van der Waals surface area contributed by atoms with Crippen LogP contribution in [0.2, 0.25) is 0 Å². The fourth-order valence-electron chi connectivity index (χ4n) is 2.78. The lowest BCUT2D eigenvalue weighted by Gasteiger charge is -2.29. The van der Waals surface area contributed by atoms with Gasteiger partial charge in [-0.2, -0.15) is 5.10 Å². The molecule has 2 aromatic heterocycles. The molecule has 1 aliphatic rings. The van der Waals surface area contributed by atoms with Gasteiger partial charge in [0, 0.05) is 31.6 Å². The smallest absolute Gasteiger partial charge is 0.410 e. The van der Waals surface area contributed by atoms with Crippen molar-refractivity contribution in [2.75, 3.05) is 11.9 Å². The summed E-state index contributed by atoms with van der Waals surface area (Å²) in [6.07, 6.45) is 0.220. The van der Waals surface area contributed by atoms with Crippen LogP contribution in [0.25, 0.3) is 0 Å². The molecule has 0 unspecified atom stereocenters. The van der Waals surface area contributed by atoms with Crippen molar-refractivity contribution < 1.29 is 18.8 Å². The summed E-state index contributed by atoms with van der Waals surface area (Å²) in [6.45, 7) is 8.05. The highest BCUT2D eigenvalue weighted by Crippen LogP contribution is 2.27. The lowest BCUT2D eigenvalue weighted by atomic mass is 10.1. The summed E-state index contributed by atoms with van der Waals surface area (Å²) in [5, 5.41) is 11.0. The predicted octanol–water partition coefficient (Wildman–Crippen LogP) is 2.26. The average Bonchev–Trinajstić information content (AvgIpc) is 3.09. The molecule has 2 amide bonds. The van der Waals surface area contributed by atoms with Crippen molar-refractivity contribution in [2.45, 2.75) is 46.3 Å².